The summed E-state index contributed by atoms with van der Waals surface area (Å²) < 4.78 is 0. The van der Waals surface area contributed by atoms with E-state index in [0.29, 0.717) is 5.41 Å². The largest absolute Gasteiger partial charge is 0.305 e. The maximum absolute atomic E-state index is 4.79. The quantitative estimate of drug-likeness (QED) is 0.420. The lowest BCUT2D eigenvalue weighted by atomic mass is 9.89. The average Bonchev–Trinajstić information content (AvgIpc) is 2.24. The highest BCUT2D eigenvalue weighted by Crippen LogP contribution is 2.22. The Morgan fingerprint density at radius 2 is 1.24 bits per heavy atom. The predicted octanol–water partition coefficient (Wildman–Crippen LogP) is 4.69. The van der Waals surface area contributed by atoms with Crippen molar-refractivity contribution in [2.24, 2.45) is 5.41 Å². The van der Waals surface area contributed by atoms with E-state index < -0.39 is 0 Å². The molecule has 17 heavy (non-hydrogen) atoms. The lowest BCUT2D eigenvalue weighted by Crippen LogP contribution is -2.12. The zero-order valence-corrected chi connectivity index (χ0v) is 12.5. The Morgan fingerprint density at radius 3 is 1.71 bits per heavy atom. The Bertz CT molecular complexity index is 151. The Morgan fingerprint density at radius 1 is 0.765 bits per heavy atom. The third-order valence-corrected chi connectivity index (χ3v) is 3.10. The fraction of sp³-hybridized carbons (Fsp3) is 1.00. The van der Waals surface area contributed by atoms with E-state index in [1.165, 1.54) is 57.8 Å². The van der Waals surface area contributed by atoms with E-state index >= 15 is 0 Å². The standard InChI is InChI=1S/C15H33NO/c1-15(2,3)13-11-9-7-5-6-8-10-12-14-16-17-4/h16H,5-14H2,1-4H3. The van der Waals surface area contributed by atoms with Crippen LogP contribution in [0.15, 0.2) is 0 Å². The molecule has 0 aliphatic heterocycles. The fourth-order valence-corrected chi connectivity index (χ4v) is 2.02. The normalized spacial score (nSPS) is 12.0. The molecule has 104 valence electrons. The van der Waals surface area contributed by atoms with Gasteiger partial charge in [-0.2, -0.15) is 0 Å². The van der Waals surface area contributed by atoms with Crippen LogP contribution in [0.5, 0.6) is 0 Å². The minimum absolute atomic E-state index is 0.522. The Balaban J connectivity index is 2.99. The SMILES string of the molecule is CONCCCCCCCCCCC(C)(C)C. The molecule has 0 radical (unpaired) electrons. The van der Waals surface area contributed by atoms with Crippen LogP contribution < -0.4 is 5.48 Å². The van der Waals surface area contributed by atoms with Crippen LogP contribution in [0.4, 0.5) is 0 Å². The molecule has 0 saturated heterocycles. The second-order valence-electron chi connectivity index (χ2n) is 6.24. The smallest absolute Gasteiger partial charge is 0.0572 e. The van der Waals surface area contributed by atoms with Crippen molar-refractivity contribution in [3.63, 3.8) is 0 Å². The van der Waals surface area contributed by atoms with Gasteiger partial charge in [-0.05, 0) is 18.3 Å². The number of unbranched alkanes of at least 4 members (excludes halogenated alkanes) is 7. The van der Waals surface area contributed by atoms with Crippen molar-refractivity contribution in [3.05, 3.63) is 0 Å². The van der Waals surface area contributed by atoms with E-state index in [0.717, 1.165) is 6.54 Å². The number of hydrogen-bond donors (Lipinski definition) is 1. The highest BCUT2D eigenvalue weighted by Gasteiger charge is 2.08. The van der Waals surface area contributed by atoms with Crippen LogP contribution in [0, 0.1) is 5.41 Å². The highest BCUT2D eigenvalue weighted by atomic mass is 16.6. The molecule has 2 nitrogen and oxygen atoms in total. The molecule has 2 heteroatoms. The summed E-state index contributed by atoms with van der Waals surface area (Å²) in [7, 11) is 1.68. The molecule has 0 aromatic rings. The van der Waals surface area contributed by atoms with Gasteiger partial charge >= 0.3 is 0 Å². The Labute approximate surface area is 108 Å². The van der Waals surface area contributed by atoms with E-state index in [1.807, 2.05) is 0 Å². The molecule has 0 rings (SSSR count). The van der Waals surface area contributed by atoms with Gasteiger partial charge in [0.05, 0.1) is 7.11 Å². The van der Waals surface area contributed by atoms with E-state index in [4.69, 9.17) is 4.84 Å². The molecule has 0 atom stereocenters. The van der Waals surface area contributed by atoms with E-state index in [2.05, 4.69) is 26.3 Å². The summed E-state index contributed by atoms with van der Waals surface area (Å²) >= 11 is 0. The first kappa shape index (κ1) is 16.9. The summed E-state index contributed by atoms with van der Waals surface area (Å²) in [6.07, 6.45) is 12.4. The third kappa shape index (κ3) is 15.9. The maximum Gasteiger partial charge on any atom is 0.0572 e. The summed E-state index contributed by atoms with van der Waals surface area (Å²) in [4.78, 5) is 4.79. The van der Waals surface area contributed by atoms with Crippen LogP contribution in [0.25, 0.3) is 0 Å². The summed E-state index contributed by atoms with van der Waals surface area (Å²) in [6, 6.07) is 0. The van der Waals surface area contributed by atoms with Gasteiger partial charge in [-0.1, -0.05) is 65.7 Å². The molecule has 0 amide bonds. The Hall–Kier alpha value is -0.0800. The zero-order valence-electron chi connectivity index (χ0n) is 12.5. The molecule has 0 aliphatic carbocycles. The maximum atomic E-state index is 4.79. The van der Waals surface area contributed by atoms with E-state index in [9.17, 15) is 0 Å². The van der Waals surface area contributed by atoms with E-state index in [1.54, 1.807) is 7.11 Å². The van der Waals surface area contributed by atoms with Crippen LogP contribution in [-0.4, -0.2) is 13.7 Å². The van der Waals surface area contributed by atoms with E-state index in [-0.39, 0.29) is 0 Å². The lowest BCUT2D eigenvalue weighted by molar-refractivity contribution is 0.0904. The fourth-order valence-electron chi connectivity index (χ4n) is 2.02. The first-order valence-electron chi connectivity index (χ1n) is 7.32. The summed E-state index contributed by atoms with van der Waals surface area (Å²) in [5.74, 6) is 0. The Kier molecular flexibility index (Phi) is 11.0. The van der Waals surface area contributed by atoms with Gasteiger partial charge in [0.15, 0.2) is 0 Å². The molecule has 0 bridgehead atoms. The molecule has 0 aromatic heterocycles. The third-order valence-electron chi connectivity index (χ3n) is 3.10. The number of hydroxylamine groups is 1. The van der Waals surface area contributed by atoms with Crippen molar-refractivity contribution in [2.45, 2.75) is 78.6 Å². The van der Waals surface area contributed by atoms with Gasteiger partial charge in [-0.3, -0.25) is 0 Å². The molecule has 1 N–H and O–H groups in total. The van der Waals surface area contributed by atoms with Crippen LogP contribution in [0.3, 0.4) is 0 Å². The monoisotopic (exact) mass is 243 g/mol. The highest BCUT2D eigenvalue weighted by molar-refractivity contribution is 4.61. The van der Waals surface area contributed by atoms with Crippen molar-refractivity contribution in [3.8, 4) is 0 Å². The second kappa shape index (κ2) is 11.0. The van der Waals surface area contributed by atoms with Crippen LogP contribution in [-0.2, 0) is 4.84 Å². The van der Waals surface area contributed by atoms with Gasteiger partial charge in [-0.25, -0.2) is 5.48 Å². The predicted molar refractivity (Wildman–Crippen MR) is 76.0 cm³/mol. The molecule has 0 aliphatic rings. The van der Waals surface area contributed by atoms with Gasteiger partial charge in [0.2, 0.25) is 0 Å². The van der Waals surface area contributed by atoms with Crippen molar-refractivity contribution in [2.75, 3.05) is 13.7 Å². The minimum atomic E-state index is 0.522. The van der Waals surface area contributed by atoms with Gasteiger partial charge in [0.25, 0.3) is 0 Å². The summed E-state index contributed by atoms with van der Waals surface area (Å²) in [5, 5.41) is 0. The number of rotatable bonds is 11. The van der Waals surface area contributed by atoms with Gasteiger partial charge in [0, 0.05) is 6.54 Å². The summed E-state index contributed by atoms with van der Waals surface area (Å²) in [6.45, 7) is 7.99. The molecule has 0 saturated carbocycles. The average molecular weight is 243 g/mol. The molecule has 0 fully saturated rings. The molecular formula is C15H33NO. The molecule has 0 heterocycles. The topological polar surface area (TPSA) is 21.3 Å². The number of hydrogen-bond acceptors (Lipinski definition) is 2. The van der Waals surface area contributed by atoms with Gasteiger partial charge < -0.3 is 4.84 Å². The second-order valence-corrected chi connectivity index (χ2v) is 6.24. The van der Waals surface area contributed by atoms with Crippen molar-refractivity contribution >= 4 is 0 Å². The first-order valence-corrected chi connectivity index (χ1v) is 7.32. The summed E-state index contributed by atoms with van der Waals surface area (Å²) in [5.41, 5.74) is 3.40. The molecule has 0 unspecified atom stereocenters. The van der Waals surface area contributed by atoms with Crippen molar-refractivity contribution in [1.29, 1.82) is 0 Å². The van der Waals surface area contributed by atoms with Gasteiger partial charge in [0.1, 0.15) is 0 Å². The van der Waals surface area contributed by atoms with Crippen LogP contribution in [0.2, 0.25) is 0 Å². The molecular weight excluding hydrogens is 210 g/mol. The molecule has 0 spiro atoms. The lowest BCUT2D eigenvalue weighted by Gasteiger charge is -2.17. The van der Waals surface area contributed by atoms with Crippen molar-refractivity contribution in [1.82, 2.24) is 5.48 Å². The number of nitrogens with one attached hydrogen (secondary N) is 1. The van der Waals surface area contributed by atoms with Crippen molar-refractivity contribution < 1.29 is 4.84 Å². The molecule has 0 aromatic carbocycles. The van der Waals surface area contributed by atoms with Crippen LogP contribution >= 0.6 is 0 Å². The zero-order chi connectivity index (χ0) is 13.0. The van der Waals surface area contributed by atoms with Crippen LogP contribution in [0.1, 0.15) is 78.6 Å². The first-order chi connectivity index (χ1) is 8.06. The minimum Gasteiger partial charge on any atom is -0.305 e. The van der Waals surface area contributed by atoms with Gasteiger partial charge in [-0.15, -0.1) is 0 Å².